The van der Waals surface area contributed by atoms with E-state index in [1.54, 1.807) is 19.3 Å². The van der Waals surface area contributed by atoms with E-state index < -0.39 is 27.3 Å². The van der Waals surface area contributed by atoms with Gasteiger partial charge in [-0.15, -0.1) is 0 Å². The molecule has 0 aliphatic carbocycles. The van der Waals surface area contributed by atoms with Crippen molar-refractivity contribution in [2.75, 3.05) is 0 Å². The molecule has 1 heterocycles. The molecule has 0 atom stereocenters. The highest BCUT2D eigenvalue weighted by Gasteiger charge is 2.18. The van der Waals surface area contributed by atoms with Crippen LogP contribution in [-0.4, -0.2) is 34.4 Å². The van der Waals surface area contributed by atoms with Crippen LogP contribution in [0.5, 0.6) is 5.75 Å². The number of sulfonamides is 1. The van der Waals surface area contributed by atoms with E-state index in [4.69, 9.17) is 5.11 Å². The maximum absolute atomic E-state index is 12.1. The monoisotopic (exact) mass is 311 g/mol. The Labute approximate surface area is 120 Å². The first-order chi connectivity index (χ1) is 9.79. The van der Waals surface area contributed by atoms with Gasteiger partial charge in [0, 0.05) is 13.2 Å². The summed E-state index contributed by atoms with van der Waals surface area (Å²) >= 11 is 0. The Bertz CT molecular complexity index is 782. The van der Waals surface area contributed by atoms with E-state index in [0.29, 0.717) is 5.69 Å². The number of aromatic carboxylic acids is 1. The zero-order valence-corrected chi connectivity index (χ0v) is 11.8. The van der Waals surface area contributed by atoms with Crippen LogP contribution in [0, 0.1) is 0 Å². The number of aryl methyl sites for hydroxylation is 1. The summed E-state index contributed by atoms with van der Waals surface area (Å²) in [6.07, 6.45) is 1.67. The Morgan fingerprint density at radius 1 is 1.38 bits per heavy atom. The summed E-state index contributed by atoms with van der Waals surface area (Å²) in [5.41, 5.74) is 0.0500. The van der Waals surface area contributed by atoms with E-state index in [9.17, 15) is 18.3 Å². The molecule has 0 radical (unpaired) electrons. The highest BCUT2D eigenvalue weighted by atomic mass is 32.2. The van der Waals surface area contributed by atoms with Gasteiger partial charge in [-0.2, -0.15) is 5.10 Å². The van der Waals surface area contributed by atoms with Gasteiger partial charge in [0.25, 0.3) is 0 Å². The van der Waals surface area contributed by atoms with Crippen molar-refractivity contribution in [1.82, 2.24) is 14.5 Å². The maximum atomic E-state index is 12.1. The van der Waals surface area contributed by atoms with Crippen molar-refractivity contribution in [2.45, 2.75) is 11.4 Å². The highest BCUT2D eigenvalue weighted by molar-refractivity contribution is 7.89. The Morgan fingerprint density at radius 2 is 2.10 bits per heavy atom. The van der Waals surface area contributed by atoms with E-state index in [-0.39, 0.29) is 11.4 Å². The normalized spacial score (nSPS) is 11.5. The standard InChI is InChI=1S/C12H13N3O5S/c1-15-5-4-8(14-15)7-13-21(19,20)9-2-3-11(16)10(6-9)12(17)18/h2-6,13,16H,7H2,1H3,(H,17,18). The second-order valence-corrected chi connectivity index (χ2v) is 6.06. The number of hydrogen-bond acceptors (Lipinski definition) is 5. The molecule has 8 nitrogen and oxygen atoms in total. The second-order valence-electron chi connectivity index (χ2n) is 4.29. The van der Waals surface area contributed by atoms with Crippen molar-refractivity contribution >= 4 is 16.0 Å². The summed E-state index contributed by atoms with van der Waals surface area (Å²) < 4.78 is 28.0. The summed E-state index contributed by atoms with van der Waals surface area (Å²) in [4.78, 5) is 10.7. The minimum atomic E-state index is -3.90. The molecule has 0 spiro atoms. The van der Waals surface area contributed by atoms with Crippen molar-refractivity contribution in [3.05, 3.63) is 41.7 Å². The lowest BCUT2D eigenvalue weighted by Gasteiger charge is -2.07. The van der Waals surface area contributed by atoms with Crippen molar-refractivity contribution in [2.24, 2.45) is 7.05 Å². The summed E-state index contributed by atoms with van der Waals surface area (Å²) in [6, 6.07) is 4.71. The molecule has 0 bridgehead atoms. The van der Waals surface area contributed by atoms with Gasteiger partial charge in [0.2, 0.25) is 10.0 Å². The molecule has 0 amide bonds. The zero-order chi connectivity index (χ0) is 15.6. The summed E-state index contributed by atoms with van der Waals surface area (Å²) in [5.74, 6) is -1.90. The third-order valence-corrected chi connectivity index (χ3v) is 4.12. The quantitative estimate of drug-likeness (QED) is 0.730. The van der Waals surface area contributed by atoms with E-state index in [1.165, 1.54) is 4.68 Å². The van der Waals surface area contributed by atoms with Gasteiger partial charge in [0.1, 0.15) is 11.3 Å². The third-order valence-electron chi connectivity index (χ3n) is 2.72. The number of aromatic nitrogens is 2. The van der Waals surface area contributed by atoms with Gasteiger partial charge < -0.3 is 10.2 Å². The lowest BCUT2D eigenvalue weighted by atomic mass is 10.2. The lowest BCUT2D eigenvalue weighted by molar-refractivity contribution is 0.0693. The summed E-state index contributed by atoms with van der Waals surface area (Å²) in [7, 11) is -2.19. The van der Waals surface area contributed by atoms with Crippen LogP contribution in [0.2, 0.25) is 0 Å². The van der Waals surface area contributed by atoms with Crippen molar-refractivity contribution in [1.29, 1.82) is 0 Å². The smallest absolute Gasteiger partial charge is 0.339 e. The third kappa shape index (κ3) is 3.38. The van der Waals surface area contributed by atoms with E-state index in [2.05, 4.69) is 9.82 Å². The lowest BCUT2D eigenvalue weighted by Crippen LogP contribution is -2.23. The van der Waals surface area contributed by atoms with E-state index >= 15 is 0 Å². The fourth-order valence-electron chi connectivity index (χ4n) is 1.66. The van der Waals surface area contributed by atoms with Crippen LogP contribution in [0.4, 0.5) is 0 Å². The predicted octanol–water partition coefficient (Wildman–Crippen LogP) is 0.302. The molecule has 112 valence electrons. The number of aromatic hydroxyl groups is 1. The first kappa shape index (κ1) is 15.0. The molecule has 0 aliphatic heterocycles. The second kappa shape index (κ2) is 5.54. The highest BCUT2D eigenvalue weighted by Crippen LogP contribution is 2.21. The predicted molar refractivity (Wildman–Crippen MR) is 72.3 cm³/mol. The molecule has 3 N–H and O–H groups in total. The zero-order valence-electron chi connectivity index (χ0n) is 11.0. The number of nitrogens with one attached hydrogen (secondary N) is 1. The number of carbonyl (C=O) groups is 1. The molecular weight excluding hydrogens is 298 g/mol. The van der Waals surface area contributed by atoms with Crippen LogP contribution in [0.1, 0.15) is 16.1 Å². The van der Waals surface area contributed by atoms with Crippen molar-refractivity contribution < 1.29 is 23.4 Å². The minimum Gasteiger partial charge on any atom is -0.507 e. The summed E-state index contributed by atoms with van der Waals surface area (Å²) in [6.45, 7) is -0.0214. The van der Waals surface area contributed by atoms with Gasteiger partial charge in [0.05, 0.1) is 17.1 Å². The molecule has 2 rings (SSSR count). The number of carboxylic acid groups (broad SMARTS) is 1. The number of carboxylic acids is 1. The van der Waals surface area contributed by atoms with Crippen molar-refractivity contribution in [3.8, 4) is 5.75 Å². The molecule has 0 saturated heterocycles. The number of benzene rings is 1. The van der Waals surface area contributed by atoms with Gasteiger partial charge in [-0.3, -0.25) is 4.68 Å². The van der Waals surface area contributed by atoms with Crippen molar-refractivity contribution in [3.63, 3.8) is 0 Å². The molecule has 1 aromatic heterocycles. The first-order valence-corrected chi connectivity index (χ1v) is 7.32. The number of nitrogens with zero attached hydrogens (tertiary/aromatic N) is 2. The van der Waals surface area contributed by atoms with Crippen LogP contribution in [0.25, 0.3) is 0 Å². The Hall–Kier alpha value is -2.39. The summed E-state index contributed by atoms with van der Waals surface area (Å²) in [5, 5.41) is 22.3. The molecule has 2 aromatic rings. The van der Waals surface area contributed by atoms with Crippen LogP contribution in [0.3, 0.4) is 0 Å². The van der Waals surface area contributed by atoms with Crippen LogP contribution >= 0.6 is 0 Å². The molecule has 0 aliphatic rings. The van der Waals surface area contributed by atoms with Crippen LogP contribution < -0.4 is 4.72 Å². The molecule has 9 heteroatoms. The van der Waals surface area contributed by atoms with Gasteiger partial charge in [0.15, 0.2) is 0 Å². The van der Waals surface area contributed by atoms with Gasteiger partial charge in [-0.05, 0) is 24.3 Å². The molecule has 0 saturated carbocycles. The van der Waals surface area contributed by atoms with E-state index in [0.717, 1.165) is 18.2 Å². The Balaban J connectivity index is 2.23. The number of rotatable bonds is 5. The largest absolute Gasteiger partial charge is 0.507 e. The number of hydrogen-bond donors (Lipinski definition) is 3. The molecule has 21 heavy (non-hydrogen) atoms. The molecule has 1 aromatic carbocycles. The SMILES string of the molecule is Cn1ccc(CNS(=O)(=O)c2ccc(O)c(C(=O)O)c2)n1. The molecule has 0 unspecified atom stereocenters. The average Bonchev–Trinajstić information content (AvgIpc) is 2.82. The number of phenols is 1. The van der Waals surface area contributed by atoms with Crippen LogP contribution in [0.15, 0.2) is 35.4 Å². The van der Waals surface area contributed by atoms with Gasteiger partial charge in [-0.1, -0.05) is 0 Å². The maximum Gasteiger partial charge on any atom is 0.339 e. The van der Waals surface area contributed by atoms with Gasteiger partial charge in [-0.25, -0.2) is 17.9 Å². The van der Waals surface area contributed by atoms with Crippen LogP contribution in [-0.2, 0) is 23.6 Å². The Kier molecular flexibility index (Phi) is 3.96. The Morgan fingerprint density at radius 3 is 2.67 bits per heavy atom. The first-order valence-electron chi connectivity index (χ1n) is 5.84. The molecule has 0 fully saturated rings. The van der Waals surface area contributed by atoms with E-state index in [1.807, 2.05) is 0 Å². The average molecular weight is 311 g/mol. The topological polar surface area (TPSA) is 122 Å². The minimum absolute atomic E-state index is 0.0214. The van der Waals surface area contributed by atoms with Gasteiger partial charge >= 0.3 is 5.97 Å². The fraction of sp³-hybridized carbons (Fsp3) is 0.167. The molecular formula is C12H13N3O5S. The fourth-order valence-corrected chi connectivity index (χ4v) is 2.69.